The van der Waals surface area contributed by atoms with Crippen LogP contribution in [0.25, 0.3) is 0 Å². The van der Waals surface area contributed by atoms with Crippen LogP contribution in [-0.2, 0) is 17.1 Å². The van der Waals surface area contributed by atoms with E-state index >= 15 is 0 Å². The van der Waals surface area contributed by atoms with Gasteiger partial charge < -0.3 is 10.3 Å². The van der Waals surface area contributed by atoms with Crippen LogP contribution in [0.5, 0.6) is 0 Å². The molecule has 0 aliphatic carbocycles. The molecule has 1 heterocycles. The number of rotatable bonds is 3. The lowest BCUT2D eigenvalue weighted by molar-refractivity contribution is 0.598. The molecule has 0 atom stereocenters. The number of nitrogen functional groups attached to an aromatic ring is 1. The van der Waals surface area contributed by atoms with Gasteiger partial charge >= 0.3 is 0 Å². The van der Waals surface area contributed by atoms with Gasteiger partial charge in [0.1, 0.15) is 5.82 Å². The van der Waals surface area contributed by atoms with E-state index in [1.807, 2.05) is 13.8 Å². The van der Waals surface area contributed by atoms with Crippen molar-refractivity contribution in [1.82, 2.24) is 9.55 Å². The monoisotopic (exact) mass is 294 g/mol. The molecule has 1 aromatic heterocycles. The van der Waals surface area contributed by atoms with Gasteiger partial charge in [0.25, 0.3) is 10.0 Å². The second-order valence-electron chi connectivity index (χ2n) is 4.87. The maximum Gasteiger partial charge on any atom is 0.280 e. The summed E-state index contributed by atoms with van der Waals surface area (Å²) >= 11 is 0. The van der Waals surface area contributed by atoms with Crippen molar-refractivity contribution in [2.24, 2.45) is 7.05 Å². The summed E-state index contributed by atoms with van der Waals surface area (Å²) in [6.07, 6.45) is 1.49. The minimum Gasteiger partial charge on any atom is -0.399 e. The van der Waals surface area contributed by atoms with E-state index in [1.165, 1.54) is 6.20 Å². The average molecular weight is 294 g/mol. The Morgan fingerprint density at radius 1 is 1.20 bits per heavy atom. The summed E-state index contributed by atoms with van der Waals surface area (Å²) in [5.41, 5.74) is 8.44. The Hall–Kier alpha value is -2.02. The van der Waals surface area contributed by atoms with Gasteiger partial charge in [-0.25, -0.2) is 4.98 Å². The Balaban J connectivity index is 2.43. The van der Waals surface area contributed by atoms with Crippen LogP contribution < -0.4 is 10.5 Å². The predicted molar refractivity (Wildman–Crippen MR) is 79.1 cm³/mol. The molecule has 0 aliphatic heterocycles. The van der Waals surface area contributed by atoms with Gasteiger partial charge in [-0.15, -0.1) is 0 Å². The molecule has 0 saturated heterocycles. The smallest absolute Gasteiger partial charge is 0.280 e. The summed E-state index contributed by atoms with van der Waals surface area (Å²) in [7, 11) is -1.94. The number of anilines is 2. The third kappa shape index (κ3) is 2.62. The first-order valence-corrected chi connectivity index (χ1v) is 7.58. The molecule has 108 valence electrons. The van der Waals surface area contributed by atoms with Crippen molar-refractivity contribution >= 4 is 21.4 Å². The normalized spacial score (nSPS) is 11.6. The number of sulfonamides is 1. The second kappa shape index (κ2) is 4.82. The van der Waals surface area contributed by atoms with Crippen molar-refractivity contribution < 1.29 is 8.42 Å². The number of hydrogen-bond acceptors (Lipinski definition) is 4. The van der Waals surface area contributed by atoms with Crippen molar-refractivity contribution in [3.8, 4) is 0 Å². The molecule has 0 unspecified atom stereocenters. The number of aromatic nitrogens is 2. The molecule has 2 aromatic rings. The van der Waals surface area contributed by atoms with Gasteiger partial charge in [-0.3, -0.25) is 4.72 Å². The molecule has 0 aliphatic rings. The summed E-state index contributed by atoms with van der Waals surface area (Å²) in [6.45, 7) is 5.37. The minimum atomic E-state index is -3.70. The van der Waals surface area contributed by atoms with Gasteiger partial charge in [0, 0.05) is 18.9 Å². The lowest BCUT2D eigenvalue weighted by Gasteiger charge is -2.12. The van der Waals surface area contributed by atoms with E-state index in [0.29, 0.717) is 17.2 Å². The number of benzene rings is 1. The van der Waals surface area contributed by atoms with Crippen LogP contribution in [0.3, 0.4) is 0 Å². The first-order valence-electron chi connectivity index (χ1n) is 6.10. The molecule has 20 heavy (non-hydrogen) atoms. The highest BCUT2D eigenvalue weighted by Crippen LogP contribution is 2.25. The van der Waals surface area contributed by atoms with Crippen LogP contribution in [0, 0.1) is 20.8 Å². The Morgan fingerprint density at radius 3 is 2.20 bits per heavy atom. The SMILES string of the molecule is Cc1cc(N)cc(C)c1NS(=O)(=O)c1cn(C)c(C)n1. The third-order valence-electron chi connectivity index (χ3n) is 3.15. The molecule has 0 radical (unpaired) electrons. The zero-order chi connectivity index (χ0) is 15.1. The van der Waals surface area contributed by atoms with E-state index in [9.17, 15) is 8.42 Å². The highest BCUT2D eigenvalue weighted by atomic mass is 32.2. The second-order valence-corrected chi connectivity index (χ2v) is 6.50. The van der Waals surface area contributed by atoms with Gasteiger partial charge in [-0.1, -0.05) is 0 Å². The molecule has 6 nitrogen and oxygen atoms in total. The highest BCUT2D eigenvalue weighted by molar-refractivity contribution is 7.92. The number of hydrogen-bond donors (Lipinski definition) is 2. The van der Waals surface area contributed by atoms with Crippen molar-refractivity contribution in [3.63, 3.8) is 0 Å². The Morgan fingerprint density at radius 2 is 1.75 bits per heavy atom. The summed E-state index contributed by atoms with van der Waals surface area (Å²) in [5, 5.41) is 0.00752. The predicted octanol–water partition coefficient (Wildman–Crippen LogP) is 1.73. The lowest BCUT2D eigenvalue weighted by atomic mass is 10.1. The summed E-state index contributed by atoms with van der Waals surface area (Å²) in [5.74, 6) is 0.635. The topological polar surface area (TPSA) is 90.0 Å². The van der Waals surface area contributed by atoms with Gasteiger partial charge in [-0.2, -0.15) is 8.42 Å². The Kier molecular flexibility index (Phi) is 3.47. The molecular formula is C13H18N4O2S. The highest BCUT2D eigenvalue weighted by Gasteiger charge is 2.20. The first kappa shape index (κ1) is 14.4. The van der Waals surface area contributed by atoms with Crippen molar-refractivity contribution in [3.05, 3.63) is 35.3 Å². The molecule has 0 spiro atoms. The van der Waals surface area contributed by atoms with E-state index in [-0.39, 0.29) is 5.03 Å². The fraction of sp³-hybridized carbons (Fsp3) is 0.308. The summed E-state index contributed by atoms with van der Waals surface area (Å²) < 4.78 is 28.9. The number of nitrogens with zero attached hydrogens (tertiary/aromatic N) is 2. The van der Waals surface area contributed by atoms with Gasteiger partial charge in [-0.05, 0) is 44.0 Å². The fourth-order valence-electron chi connectivity index (χ4n) is 2.00. The molecule has 2 rings (SSSR count). The largest absolute Gasteiger partial charge is 0.399 e. The van der Waals surface area contributed by atoms with E-state index in [0.717, 1.165) is 11.1 Å². The average Bonchev–Trinajstić information content (AvgIpc) is 2.65. The minimum absolute atomic E-state index is 0.00752. The standard InChI is InChI=1S/C13H18N4O2S/c1-8-5-11(14)6-9(2)13(8)16-20(18,19)12-7-17(4)10(3)15-12/h5-7,16H,14H2,1-4H3. The summed E-state index contributed by atoms with van der Waals surface area (Å²) in [4.78, 5) is 4.04. The Bertz CT molecular complexity index is 720. The van der Waals surface area contributed by atoms with E-state index in [4.69, 9.17) is 5.73 Å². The molecule has 0 bridgehead atoms. The molecule has 0 fully saturated rings. The number of aryl methyl sites for hydroxylation is 4. The molecule has 7 heteroatoms. The van der Waals surface area contributed by atoms with E-state index in [1.54, 1.807) is 30.7 Å². The molecule has 3 N–H and O–H groups in total. The first-order chi connectivity index (χ1) is 9.20. The molecular weight excluding hydrogens is 276 g/mol. The molecule has 0 saturated carbocycles. The van der Waals surface area contributed by atoms with Crippen molar-refractivity contribution in [2.45, 2.75) is 25.8 Å². The van der Waals surface area contributed by atoms with Gasteiger partial charge in [0.05, 0.1) is 5.69 Å². The maximum atomic E-state index is 12.3. The van der Waals surface area contributed by atoms with E-state index in [2.05, 4.69) is 9.71 Å². The fourth-order valence-corrected chi connectivity index (χ4v) is 3.24. The lowest BCUT2D eigenvalue weighted by Crippen LogP contribution is -2.15. The maximum absolute atomic E-state index is 12.3. The molecule has 0 amide bonds. The zero-order valence-electron chi connectivity index (χ0n) is 11.9. The van der Waals surface area contributed by atoms with Crippen molar-refractivity contribution in [1.29, 1.82) is 0 Å². The zero-order valence-corrected chi connectivity index (χ0v) is 12.7. The van der Waals surface area contributed by atoms with Crippen LogP contribution in [0.15, 0.2) is 23.4 Å². The van der Waals surface area contributed by atoms with Crippen LogP contribution in [0.1, 0.15) is 17.0 Å². The van der Waals surface area contributed by atoms with Crippen LogP contribution in [-0.4, -0.2) is 18.0 Å². The quantitative estimate of drug-likeness (QED) is 0.844. The van der Waals surface area contributed by atoms with Gasteiger partial charge in [0.15, 0.2) is 5.03 Å². The van der Waals surface area contributed by atoms with Crippen LogP contribution >= 0.6 is 0 Å². The number of nitrogens with two attached hydrogens (primary N) is 1. The summed E-state index contributed by atoms with van der Waals surface area (Å²) in [6, 6.07) is 3.46. The Labute approximate surface area is 118 Å². The van der Waals surface area contributed by atoms with Gasteiger partial charge in [0.2, 0.25) is 0 Å². The molecule has 1 aromatic carbocycles. The van der Waals surface area contributed by atoms with E-state index < -0.39 is 10.0 Å². The number of nitrogens with one attached hydrogen (secondary N) is 1. The number of imidazole rings is 1. The van der Waals surface area contributed by atoms with Crippen molar-refractivity contribution in [2.75, 3.05) is 10.5 Å². The van der Waals surface area contributed by atoms with Crippen LogP contribution in [0.2, 0.25) is 0 Å². The van der Waals surface area contributed by atoms with Crippen LogP contribution in [0.4, 0.5) is 11.4 Å². The third-order valence-corrected chi connectivity index (χ3v) is 4.37.